The molecule has 0 aliphatic heterocycles. The number of nitrogens with one attached hydrogen (secondary N) is 1. The Morgan fingerprint density at radius 2 is 1.55 bits per heavy atom. The van der Waals surface area contributed by atoms with Crippen LogP contribution in [0.5, 0.6) is 0 Å². The summed E-state index contributed by atoms with van der Waals surface area (Å²) in [6.45, 7) is 6.03. The Morgan fingerprint density at radius 1 is 1.05 bits per heavy atom. The zero-order valence-electron chi connectivity index (χ0n) is 12.5. The van der Waals surface area contributed by atoms with E-state index in [1.54, 1.807) is 0 Å². The fourth-order valence-corrected chi connectivity index (χ4v) is 0.951. The summed E-state index contributed by atoms with van der Waals surface area (Å²) in [4.78, 5) is 0. The van der Waals surface area contributed by atoms with Crippen molar-refractivity contribution in [2.45, 2.75) is 6.42 Å². The Hall–Kier alpha value is -0.266. The molecule has 0 fully saturated rings. The first-order valence-electron chi connectivity index (χ1n) is 6.09. The van der Waals surface area contributed by atoms with Gasteiger partial charge in [-0.3, -0.25) is 0 Å². The molecule has 5 nitrogen and oxygen atoms in total. The fourth-order valence-electron chi connectivity index (χ4n) is 0.951. The molecule has 0 saturated heterocycles. The minimum absolute atomic E-state index is 0. The van der Waals surface area contributed by atoms with Gasteiger partial charge >= 0.3 is 0 Å². The summed E-state index contributed by atoms with van der Waals surface area (Å²) in [7, 11) is 2.00. The number of hydrogen-bond acceptors (Lipinski definition) is 5. The van der Waals surface area contributed by atoms with Gasteiger partial charge in [0.1, 0.15) is 0 Å². The first kappa shape index (κ1) is 28.0. The Kier molecular flexibility index (Phi) is 43.7. The van der Waals surface area contributed by atoms with Crippen LogP contribution < -0.4 is 11.1 Å². The molecule has 0 aromatic heterocycles. The zero-order chi connectivity index (χ0) is 15.4. The summed E-state index contributed by atoms with van der Waals surface area (Å²) in [6.07, 6.45) is 0.890. The van der Waals surface area contributed by atoms with Crippen molar-refractivity contribution >= 4 is 0 Å². The summed E-state index contributed by atoms with van der Waals surface area (Å²) < 4.78 is 0. The molecular weight excluding hydrogens is 292 g/mol. The van der Waals surface area contributed by atoms with E-state index in [0.29, 0.717) is 13.1 Å². The SMILES string of the molecule is CO.CO.NCCNCCO.[CH2-]Cc1ccccc1.[Ti]. The van der Waals surface area contributed by atoms with E-state index in [9.17, 15) is 0 Å². The molecule has 1 aromatic rings. The van der Waals surface area contributed by atoms with Crippen LogP contribution in [0.1, 0.15) is 5.56 Å². The van der Waals surface area contributed by atoms with E-state index in [2.05, 4.69) is 24.4 Å². The Labute approximate surface area is 138 Å². The smallest absolute Gasteiger partial charge is 0.0555 e. The molecule has 1 aromatic carbocycles. The van der Waals surface area contributed by atoms with Crippen LogP contribution in [0.3, 0.4) is 0 Å². The van der Waals surface area contributed by atoms with E-state index in [4.69, 9.17) is 21.1 Å². The van der Waals surface area contributed by atoms with Crippen LogP contribution in [0.4, 0.5) is 0 Å². The molecule has 118 valence electrons. The molecule has 20 heavy (non-hydrogen) atoms. The zero-order valence-corrected chi connectivity index (χ0v) is 14.1. The predicted octanol–water partition coefficient (Wildman–Crippen LogP) is -0.195. The number of hydrogen-bond donors (Lipinski definition) is 5. The van der Waals surface area contributed by atoms with E-state index in [1.807, 2.05) is 18.2 Å². The van der Waals surface area contributed by atoms with Crippen molar-refractivity contribution in [2.24, 2.45) is 5.73 Å². The molecule has 0 spiro atoms. The molecule has 6 N–H and O–H groups in total. The predicted molar refractivity (Wildman–Crippen MR) is 80.8 cm³/mol. The third-order valence-corrected chi connectivity index (χ3v) is 1.74. The van der Waals surface area contributed by atoms with Gasteiger partial charge in [0.15, 0.2) is 0 Å². The van der Waals surface area contributed by atoms with Crippen molar-refractivity contribution in [3.63, 3.8) is 0 Å². The normalized spacial score (nSPS) is 7.55. The number of aliphatic hydroxyl groups excluding tert-OH is 3. The Bertz CT molecular complexity index is 223. The largest absolute Gasteiger partial charge is 0.400 e. The minimum Gasteiger partial charge on any atom is -0.400 e. The average molecular weight is 321 g/mol. The number of aliphatic hydroxyl groups is 3. The second-order valence-electron chi connectivity index (χ2n) is 3.00. The molecule has 0 heterocycles. The molecule has 0 aliphatic rings. The second-order valence-corrected chi connectivity index (χ2v) is 3.00. The molecule has 1 rings (SSSR count). The minimum atomic E-state index is 0. The Balaban J connectivity index is -0.0000000991. The van der Waals surface area contributed by atoms with Gasteiger partial charge in [0.25, 0.3) is 0 Å². The summed E-state index contributed by atoms with van der Waals surface area (Å²) in [5.74, 6) is 0. The van der Waals surface area contributed by atoms with Crippen LogP contribution in [-0.2, 0) is 28.1 Å². The summed E-state index contributed by atoms with van der Waals surface area (Å²) in [6, 6.07) is 10.2. The van der Waals surface area contributed by atoms with E-state index in [0.717, 1.165) is 27.2 Å². The number of nitrogens with two attached hydrogens (primary N) is 1. The van der Waals surface area contributed by atoms with E-state index >= 15 is 0 Å². The van der Waals surface area contributed by atoms with Gasteiger partial charge in [0, 0.05) is 55.6 Å². The summed E-state index contributed by atoms with van der Waals surface area (Å²) >= 11 is 0. The van der Waals surface area contributed by atoms with Gasteiger partial charge in [-0.1, -0.05) is 35.9 Å². The maximum absolute atomic E-state index is 8.19. The van der Waals surface area contributed by atoms with Gasteiger partial charge in [0.2, 0.25) is 0 Å². The van der Waals surface area contributed by atoms with Crippen molar-refractivity contribution in [1.29, 1.82) is 0 Å². The van der Waals surface area contributed by atoms with Crippen LogP contribution in [0, 0.1) is 6.92 Å². The summed E-state index contributed by atoms with van der Waals surface area (Å²) in [5.41, 5.74) is 6.42. The fraction of sp³-hybridized carbons (Fsp3) is 0.500. The van der Waals surface area contributed by atoms with E-state index in [-0.39, 0.29) is 28.3 Å². The van der Waals surface area contributed by atoms with Gasteiger partial charge in [0.05, 0.1) is 6.61 Å². The van der Waals surface area contributed by atoms with Gasteiger partial charge in [-0.05, 0) is 0 Å². The standard InChI is InChI=1S/C8H9.C4H12N2O.2CH4O.Ti/c1-2-8-6-4-3-5-7-8;5-1-2-6-3-4-7;2*1-2;/h3-7H,1-2H2;6-7H,1-5H2;2*2H,1H3;/q-1;;;;. The second kappa shape index (κ2) is 31.2. The number of rotatable bonds is 5. The number of benzene rings is 1. The van der Waals surface area contributed by atoms with Gasteiger partial charge < -0.3 is 33.3 Å². The monoisotopic (exact) mass is 321 g/mol. The molecule has 0 radical (unpaired) electrons. The van der Waals surface area contributed by atoms with E-state index < -0.39 is 0 Å². The first-order valence-corrected chi connectivity index (χ1v) is 6.09. The van der Waals surface area contributed by atoms with E-state index in [1.165, 1.54) is 5.56 Å². The average Bonchev–Trinajstić information content (AvgIpc) is 2.53. The van der Waals surface area contributed by atoms with Gasteiger partial charge in [-0.2, -0.15) is 6.42 Å². The molecule has 0 aliphatic carbocycles. The van der Waals surface area contributed by atoms with Crippen LogP contribution in [-0.4, -0.2) is 55.8 Å². The third-order valence-electron chi connectivity index (χ3n) is 1.74. The van der Waals surface area contributed by atoms with Crippen LogP contribution >= 0.6 is 0 Å². The summed E-state index contributed by atoms with van der Waals surface area (Å²) in [5, 5.41) is 25.1. The maximum Gasteiger partial charge on any atom is 0.0555 e. The van der Waals surface area contributed by atoms with Gasteiger partial charge in [-0.25, -0.2) is 0 Å². The van der Waals surface area contributed by atoms with Crippen molar-refractivity contribution in [1.82, 2.24) is 5.32 Å². The molecule has 0 atom stereocenters. The van der Waals surface area contributed by atoms with Crippen LogP contribution in [0.2, 0.25) is 0 Å². The molecule has 0 saturated carbocycles. The molecule has 0 unspecified atom stereocenters. The topological polar surface area (TPSA) is 98.7 Å². The molecule has 0 amide bonds. The van der Waals surface area contributed by atoms with Crippen molar-refractivity contribution < 1.29 is 37.0 Å². The Morgan fingerprint density at radius 3 is 1.85 bits per heavy atom. The maximum atomic E-state index is 8.19. The van der Waals surface area contributed by atoms with Crippen LogP contribution in [0.25, 0.3) is 0 Å². The van der Waals surface area contributed by atoms with Crippen molar-refractivity contribution in [3.8, 4) is 0 Å². The third kappa shape index (κ3) is 26.3. The van der Waals surface area contributed by atoms with Gasteiger partial charge in [-0.15, -0.1) is 0 Å². The quantitative estimate of drug-likeness (QED) is 0.294. The first-order chi connectivity index (χ1) is 9.35. The molecule has 0 bridgehead atoms. The molecular formula is C14H29N2O3Ti-. The van der Waals surface area contributed by atoms with Crippen molar-refractivity contribution in [2.75, 3.05) is 40.5 Å². The van der Waals surface area contributed by atoms with Crippen LogP contribution in [0.15, 0.2) is 30.3 Å². The molecule has 6 heteroatoms. The van der Waals surface area contributed by atoms with Crippen molar-refractivity contribution in [3.05, 3.63) is 42.8 Å².